The molecule has 2 aromatic carbocycles. The predicted octanol–water partition coefficient (Wildman–Crippen LogP) is 4.65. The van der Waals surface area contributed by atoms with Crippen molar-refractivity contribution in [3.05, 3.63) is 65.5 Å². The second kappa shape index (κ2) is 9.59. The fourth-order valence-corrected chi connectivity index (χ4v) is 2.79. The number of amides is 1. The van der Waals surface area contributed by atoms with Crippen LogP contribution < -0.4 is 5.32 Å². The summed E-state index contributed by atoms with van der Waals surface area (Å²) in [5, 5.41) is 1.87. The van der Waals surface area contributed by atoms with Crippen molar-refractivity contribution in [2.24, 2.45) is 0 Å². The smallest absolute Gasteiger partial charge is 0.416 e. The highest BCUT2D eigenvalue weighted by molar-refractivity contribution is 8.01. The first kappa shape index (κ1) is 21.7. The number of benzene rings is 2. The predicted molar refractivity (Wildman–Crippen MR) is 98.2 cm³/mol. The molecule has 0 aliphatic carbocycles. The number of halogens is 4. The number of ether oxygens (including phenoxy) is 1. The maximum absolute atomic E-state index is 12.8. The van der Waals surface area contributed by atoms with Crippen molar-refractivity contribution in [2.45, 2.75) is 25.0 Å². The lowest BCUT2D eigenvalue weighted by Crippen LogP contribution is -2.21. The van der Waals surface area contributed by atoms with Gasteiger partial charge in [-0.25, -0.2) is 4.39 Å². The van der Waals surface area contributed by atoms with Crippen LogP contribution >= 0.6 is 11.8 Å². The third kappa shape index (κ3) is 6.88. The Morgan fingerprint density at radius 2 is 1.82 bits per heavy atom. The van der Waals surface area contributed by atoms with Gasteiger partial charge in [0.2, 0.25) is 5.91 Å². The van der Waals surface area contributed by atoms with Gasteiger partial charge in [-0.2, -0.15) is 13.2 Å². The van der Waals surface area contributed by atoms with E-state index in [1.54, 1.807) is 0 Å². The van der Waals surface area contributed by atoms with E-state index >= 15 is 0 Å². The van der Waals surface area contributed by atoms with E-state index < -0.39 is 28.8 Å². The van der Waals surface area contributed by atoms with Crippen LogP contribution in [0.1, 0.15) is 18.1 Å². The van der Waals surface area contributed by atoms with Crippen molar-refractivity contribution in [1.82, 2.24) is 0 Å². The molecule has 1 atom stereocenters. The van der Waals surface area contributed by atoms with Crippen LogP contribution in [-0.2, 0) is 27.1 Å². The Kier molecular flexibility index (Phi) is 7.45. The van der Waals surface area contributed by atoms with Crippen molar-refractivity contribution in [2.75, 3.05) is 11.1 Å². The minimum Gasteiger partial charge on any atom is -0.460 e. The fraction of sp³-hybridized carbons (Fsp3) is 0.263. The molecule has 0 heterocycles. The Balaban J connectivity index is 1.78. The van der Waals surface area contributed by atoms with Gasteiger partial charge in [0, 0.05) is 5.69 Å². The van der Waals surface area contributed by atoms with Crippen LogP contribution in [0.4, 0.5) is 23.2 Å². The van der Waals surface area contributed by atoms with Gasteiger partial charge in [-0.05, 0) is 48.9 Å². The summed E-state index contributed by atoms with van der Waals surface area (Å²) < 4.78 is 55.9. The molecule has 1 amide bonds. The van der Waals surface area contributed by atoms with Gasteiger partial charge in [0.1, 0.15) is 17.7 Å². The third-order valence-electron chi connectivity index (χ3n) is 3.56. The molecule has 0 bridgehead atoms. The summed E-state index contributed by atoms with van der Waals surface area (Å²) in [4.78, 5) is 23.8. The first-order valence-corrected chi connectivity index (χ1v) is 9.20. The van der Waals surface area contributed by atoms with Crippen LogP contribution in [0.3, 0.4) is 0 Å². The highest BCUT2D eigenvalue weighted by Gasteiger charge is 2.30. The van der Waals surface area contributed by atoms with Crippen molar-refractivity contribution in [3.8, 4) is 0 Å². The number of thioether (sulfide) groups is 1. The van der Waals surface area contributed by atoms with Crippen LogP contribution in [0.5, 0.6) is 0 Å². The van der Waals surface area contributed by atoms with E-state index in [4.69, 9.17) is 4.74 Å². The molecule has 9 heteroatoms. The van der Waals surface area contributed by atoms with Gasteiger partial charge in [0.25, 0.3) is 0 Å². The van der Waals surface area contributed by atoms with E-state index in [2.05, 4.69) is 5.32 Å². The highest BCUT2D eigenvalue weighted by Crippen LogP contribution is 2.29. The normalized spacial score (nSPS) is 12.3. The molecule has 4 nitrogen and oxygen atoms in total. The Labute approximate surface area is 163 Å². The number of carbonyl (C=O) groups excluding carboxylic acids is 2. The highest BCUT2D eigenvalue weighted by atomic mass is 32.2. The molecule has 0 aliphatic rings. The number of anilines is 1. The molecular weight excluding hydrogens is 398 g/mol. The van der Waals surface area contributed by atoms with Gasteiger partial charge >= 0.3 is 12.1 Å². The average Bonchev–Trinajstić information content (AvgIpc) is 2.65. The van der Waals surface area contributed by atoms with Crippen LogP contribution in [0.25, 0.3) is 0 Å². The number of nitrogens with one attached hydrogen (secondary N) is 1. The Hall–Kier alpha value is -2.55. The van der Waals surface area contributed by atoms with E-state index in [1.807, 2.05) is 0 Å². The van der Waals surface area contributed by atoms with Crippen LogP contribution in [0.2, 0.25) is 0 Å². The summed E-state index contributed by atoms with van der Waals surface area (Å²) in [5.41, 5.74) is -0.179. The molecule has 28 heavy (non-hydrogen) atoms. The van der Waals surface area contributed by atoms with E-state index in [1.165, 1.54) is 43.3 Å². The maximum Gasteiger partial charge on any atom is 0.416 e. The largest absolute Gasteiger partial charge is 0.460 e. The van der Waals surface area contributed by atoms with Crippen LogP contribution in [-0.4, -0.2) is 22.9 Å². The minimum absolute atomic E-state index is 0.0444. The molecule has 2 aromatic rings. The summed E-state index contributed by atoms with van der Waals surface area (Å²) in [7, 11) is 0. The maximum atomic E-state index is 12.8. The second-order valence-electron chi connectivity index (χ2n) is 5.81. The number of carbonyl (C=O) groups is 2. The van der Waals surface area contributed by atoms with Crippen molar-refractivity contribution in [1.29, 1.82) is 0 Å². The van der Waals surface area contributed by atoms with Gasteiger partial charge in [0.05, 0.1) is 11.3 Å². The summed E-state index contributed by atoms with van der Waals surface area (Å²) in [6.07, 6.45) is -4.47. The molecule has 0 fully saturated rings. The first-order valence-electron chi connectivity index (χ1n) is 8.15. The lowest BCUT2D eigenvalue weighted by atomic mass is 10.1. The van der Waals surface area contributed by atoms with E-state index in [0.29, 0.717) is 5.69 Å². The van der Waals surface area contributed by atoms with E-state index in [0.717, 1.165) is 23.9 Å². The third-order valence-corrected chi connectivity index (χ3v) is 4.68. The molecule has 1 N–H and O–H groups in total. The standard InChI is InChI=1S/C19H17F4NO3S/c1-12(28-11-17(25)24-16-7-5-15(20)6-8-16)18(26)27-10-13-3-2-4-14(9-13)19(21,22)23/h2-9,12H,10-11H2,1H3,(H,24,25). The summed E-state index contributed by atoms with van der Waals surface area (Å²) in [6.45, 7) is 1.24. The topological polar surface area (TPSA) is 55.4 Å². The van der Waals surface area contributed by atoms with Gasteiger partial charge in [-0.15, -0.1) is 11.8 Å². The molecule has 0 saturated heterocycles. The molecule has 0 aliphatic heterocycles. The zero-order chi connectivity index (χ0) is 20.7. The minimum atomic E-state index is -4.47. The Morgan fingerprint density at radius 3 is 2.46 bits per heavy atom. The zero-order valence-corrected chi connectivity index (χ0v) is 15.6. The lowest BCUT2D eigenvalue weighted by molar-refractivity contribution is -0.143. The van der Waals surface area contributed by atoms with E-state index in [-0.39, 0.29) is 23.8 Å². The fourth-order valence-electron chi connectivity index (χ4n) is 2.11. The molecule has 0 radical (unpaired) electrons. The number of hydrogen-bond acceptors (Lipinski definition) is 4. The molecule has 0 spiro atoms. The molecule has 0 saturated carbocycles. The number of hydrogen-bond donors (Lipinski definition) is 1. The van der Waals surface area contributed by atoms with Gasteiger partial charge < -0.3 is 10.1 Å². The Morgan fingerprint density at radius 1 is 1.14 bits per heavy atom. The second-order valence-corrected chi connectivity index (χ2v) is 7.14. The van der Waals surface area contributed by atoms with Gasteiger partial charge in [-0.3, -0.25) is 9.59 Å². The molecule has 1 unspecified atom stereocenters. The number of alkyl halides is 3. The van der Waals surface area contributed by atoms with Gasteiger partial charge in [-0.1, -0.05) is 12.1 Å². The summed E-state index contributed by atoms with van der Waals surface area (Å²) in [6, 6.07) is 9.74. The van der Waals surface area contributed by atoms with Gasteiger partial charge in [0.15, 0.2) is 0 Å². The van der Waals surface area contributed by atoms with E-state index in [9.17, 15) is 27.2 Å². The quantitative estimate of drug-likeness (QED) is 0.529. The monoisotopic (exact) mass is 415 g/mol. The van der Waals surface area contributed by atoms with Crippen molar-refractivity contribution < 1.29 is 31.9 Å². The molecule has 2 rings (SSSR count). The van der Waals surface area contributed by atoms with Crippen LogP contribution in [0, 0.1) is 5.82 Å². The SMILES string of the molecule is CC(SCC(=O)Nc1ccc(F)cc1)C(=O)OCc1cccc(C(F)(F)F)c1. The van der Waals surface area contributed by atoms with Crippen molar-refractivity contribution >= 4 is 29.3 Å². The zero-order valence-electron chi connectivity index (χ0n) is 14.8. The average molecular weight is 415 g/mol. The Bertz CT molecular complexity index is 825. The lowest BCUT2D eigenvalue weighted by Gasteiger charge is -2.12. The first-order chi connectivity index (χ1) is 13.1. The molecule has 0 aromatic heterocycles. The number of esters is 1. The molecule has 150 valence electrons. The van der Waals surface area contributed by atoms with Crippen LogP contribution in [0.15, 0.2) is 48.5 Å². The number of rotatable bonds is 7. The summed E-state index contributed by atoms with van der Waals surface area (Å²) >= 11 is 1.02. The summed E-state index contributed by atoms with van der Waals surface area (Å²) in [5.74, 6) is -1.49. The molecular formula is C19H17F4NO3S. The van der Waals surface area contributed by atoms with Crippen molar-refractivity contribution in [3.63, 3.8) is 0 Å².